The molecule has 38 heavy (non-hydrogen) atoms. The van der Waals surface area contributed by atoms with Gasteiger partial charge in [0, 0.05) is 17.1 Å². The van der Waals surface area contributed by atoms with Gasteiger partial charge in [0.2, 0.25) is 5.91 Å². The number of nitrogens with one attached hydrogen (secondary N) is 2. The number of nitrogens with zero attached hydrogens (tertiary/aromatic N) is 4. The van der Waals surface area contributed by atoms with Crippen LogP contribution in [0, 0.1) is 17.7 Å². The third kappa shape index (κ3) is 6.30. The fourth-order valence-corrected chi connectivity index (χ4v) is 4.63. The van der Waals surface area contributed by atoms with Crippen LogP contribution in [0.4, 0.5) is 21.6 Å². The summed E-state index contributed by atoms with van der Waals surface area (Å²) in [5, 5.41) is 6.67. The molecule has 0 aliphatic carbocycles. The Hall–Kier alpha value is -3.51. The number of aromatic nitrogens is 2. The number of piperidine rings is 1. The number of hydrogen-bond donors (Lipinski definition) is 2. The summed E-state index contributed by atoms with van der Waals surface area (Å²) in [6, 6.07) is 8.39. The number of hydrogen-bond acceptors (Lipinski definition) is 6. The van der Waals surface area contributed by atoms with Gasteiger partial charge in [-0.3, -0.25) is 9.69 Å². The Labute approximate surface area is 228 Å². The van der Waals surface area contributed by atoms with Crippen LogP contribution in [0.5, 0.6) is 0 Å². The van der Waals surface area contributed by atoms with E-state index < -0.39 is 11.4 Å². The Balaban J connectivity index is 1.71. The summed E-state index contributed by atoms with van der Waals surface area (Å²) in [6.07, 6.45) is 4.84. The van der Waals surface area contributed by atoms with Gasteiger partial charge in [-0.25, -0.2) is 14.4 Å². The Morgan fingerprint density at radius 2 is 2.00 bits per heavy atom. The number of anilines is 3. The molecule has 9 heteroatoms. The number of fused-ring (bicyclic) bond motifs is 1. The molecule has 1 aliphatic heterocycles. The Kier molecular flexibility index (Phi) is 8.32. The second-order valence-electron chi connectivity index (χ2n) is 10.0. The first-order chi connectivity index (χ1) is 18.1. The lowest BCUT2D eigenvalue weighted by atomic mass is 9.96. The van der Waals surface area contributed by atoms with E-state index in [0.29, 0.717) is 39.7 Å². The summed E-state index contributed by atoms with van der Waals surface area (Å²) in [6.45, 7) is 9.93. The van der Waals surface area contributed by atoms with Crippen molar-refractivity contribution < 1.29 is 9.18 Å². The number of rotatable bonds is 6. The highest BCUT2D eigenvalue weighted by Gasteiger charge is 2.30. The van der Waals surface area contributed by atoms with Gasteiger partial charge in [0.05, 0.1) is 27.3 Å². The lowest BCUT2D eigenvalue weighted by Crippen LogP contribution is -2.50. The van der Waals surface area contributed by atoms with Crippen LogP contribution in [0.15, 0.2) is 49.3 Å². The van der Waals surface area contributed by atoms with Crippen molar-refractivity contribution in [3.05, 3.63) is 65.7 Å². The van der Waals surface area contributed by atoms with Crippen molar-refractivity contribution in [1.82, 2.24) is 19.8 Å². The summed E-state index contributed by atoms with van der Waals surface area (Å²) in [5.74, 6) is 6.34. The van der Waals surface area contributed by atoms with Crippen LogP contribution in [-0.4, -0.2) is 64.4 Å². The van der Waals surface area contributed by atoms with E-state index in [1.165, 1.54) is 24.5 Å². The second kappa shape index (κ2) is 11.5. The maximum absolute atomic E-state index is 13.6. The van der Waals surface area contributed by atoms with Gasteiger partial charge in [0.15, 0.2) is 0 Å². The molecule has 1 aliphatic rings. The lowest BCUT2D eigenvalue weighted by Gasteiger charge is -2.41. The van der Waals surface area contributed by atoms with Crippen molar-refractivity contribution in [2.45, 2.75) is 38.3 Å². The fourth-order valence-electron chi connectivity index (χ4n) is 4.45. The SMILES string of the molecule is C=CC(=O)Nc1cc2c(Nc3ccc(F)c(Cl)c3)ncnc2cc1C#CC(C)(C)N(C)C1CCN(C)CC1. The van der Waals surface area contributed by atoms with Crippen molar-refractivity contribution in [2.24, 2.45) is 0 Å². The molecule has 7 nitrogen and oxygen atoms in total. The van der Waals surface area contributed by atoms with Gasteiger partial charge >= 0.3 is 0 Å². The van der Waals surface area contributed by atoms with Crippen molar-refractivity contribution in [1.29, 1.82) is 0 Å². The molecule has 4 rings (SSSR count). The van der Waals surface area contributed by atoms with E-state index in [4.69, 9.17) is 11.6 Å². The highest BCUT2D eigenvalue weighted by atomic mass is 35.5. The maximum atomic E-state index is 13.6. The van der Waals surface area contributed by atoms with E-state index in [1.54, 1.807) is 12.1 Å². The first-order valence-corrected chi connectivity index (χ1v) is 12.8. The van der Waals surface area contributed by atoms with Crippen molar-refractivity contribution in [3.8, 4) is 11.8 Å². The Morgan fingerprint density at radius 1 is 1.26 bits per heavy atom. The smallest absolute Gasteiger partial charge is 0.247 e. The summed E-state index contributed by atoms with van der Waals surface area (Å²) in [4.78, 5) is 25.7. The molecule has 0 bridgehead atoms. The molecule has 2 N–H and O–H groups in total. The molecule has 1 amide bonds. The predicted octanol–water partition coefficient (Wildman–Crippen LogP) is 5.45. The van der Waals surface area contributed by atoms with Crippen LogP contribution in [0.2, 0.25) is 5.02 Å². The third-order valence-corrected chi connectivity index (χ3v) is 7.31. The normalized spacial score (nSPS) is 14.7. The van der Waals surface area contributed by atoms with Gasteiger partial charge in [-0.2, -0.15) is 0 Å². The summed E-state index contributed by atoms with van der Waals surface area (Å²) in [5.41, 5.74) is 1.96. The van der Waals surface area contributed by atoms with E-state index in [1.807, 2.05) is 6.07 Å². The van der Waals surface area contributed by atoms with Crippen LogP contribution in [0.1, 0.15) is 32.3 Å². The standard InChI is InChI=1S/C29H32ClFN6O/c1-6-27(38)35-25-17-22-26(32-18-33-28(22)34-20-7-8-24(31)23(30)16-20)15-19(25)9-12-29(2,3)37(5)21-10-13-36(4)14-11-21/h6-8,15-18,21H,1,10-11,13-14H2,2-5H3,(H,35,38)(H,32,33,34). The van der Waals surface area contributed by atoms with E-state index in [-0.39, 0.29) is 10.9 Å². The molecule has 0 spiro atoms. The van der Waals surface area contributed by atoms with E-state index in [2.05, 4.69) is 76.8 Å². The monoisotopic (exact) mass is 534 g/mol. The number of benzene rings is 2. The molecule has 1 fully saturated rings. The van der Waals surface area contributed by atoms with Crippen molar-refractivity contribution >= 4 is 45.6 Å². The largest absolute Gasteiger partial charge is 0.340 e. The molecular weight excluding hydrogens is 503 g/mol. The molecule has 198 valence electrons. The van der Waals surface area contributed by atoms with E-state index >= 15 is 0 Å². The summed E-state index contributed by atoms with van der Waals surface area (Å²) in [7, 11) is 4.28. The van der Waals surface area contributed by atoms with Gasteiger partial charge in [-0.1, -0.05) is 30.0 Å². The van der Waals surface area contributed by atoms with Gasteiger partial charge in [0.1, 0.15) is 18.0 Å². The van der Waals surface area contributed by atoms with Crippen LogP contribution in [0.3, 0.4) is 0 Å². The average molecular weight is 535 g/mol. The zero-order valence-electron chi connectivity index (χ0n) is 22.1. The van der Waals surface area contributed by atoms with Gasteiger partial charge in [-0.05, 0) is 90.3 Å². The van der Waals surface area contributed by atoms with Crippen LogP contribution < -0.4 is 10.6 Å². The third-order valence-electron chi connectivity index (χ3n) is 7.02. The molecule has 0 saturated carbocycles. The Morgan fingerprint density at radius 3 is 2.68 bits per heavy atom. The number of carbonyl (C=O) groups is 1. The zero-order chi connectivity index (χ0) is 27.4. The highest BCUT2D eigenvalue weighted by Crippen LogP contribution is 2.30. The second-order valence-corrected chi connectivity index (χ2v) is 10.4. The molecule has 2 aromatic carbocycles. The highest BCUT2D eigenvalue weighted by molar-refractivity contribution is 6.31. The Bertz CT molecular complexity index is 1420. The minimum atomic E-state index is -0.508. The van der Waals surface area contributed by atoms with Crippen LogP contribution >= 0.6 is 11.6 Å². The number of amides is 1. The zero-order valence-corrected chi connectivity index (χ0v) is 22.9. The molecule has 0 unspecified atom stereocenters. The average Bonchev–Trinajstić information content (AvgIpc) is 2.90. The van der Waals surface area contributed by atoms with Gasteiger partial charge < -0.3 is 15.5 Å². The van der Waals surface area contributed by atoms with Gasteiger partial charge in [-0.15, -0.1) is 0 Å². The van der Waals surface area contributed by atoms with E-state index in [9.17, 15) is 9.18 Å². The molecule has 0 atom stereocenters. The summed E-state index contributed by atoms with van der Waals surface area (Å²) >= 11 is 5.94. The quantitative estimate of drug-likeness (QED) is 0.324. The molecule has 0 radical (unpaired) electrons. The molecule has 1 aromatic heterocycles. The minimum absolute atomic E-state index is 0.00214. The maximum Gasteiger partial charge on any atom is 0.247 e. The number of likely N-dealkylation sites (tertiary alicyclic amines) is 1. The first kappa shape index (κ1) is 27.5. The number of carbonyl (C=O) groups excluding carboxylic acids is 1. The fraction of sp³-hybridized carbons (Fsp3) is 0.345. The number of halogens is 2. The van der Waals surface area contributed by atoms with Crippen LogP contribution in [0.25, 0.3) is 10.9 Å². The minimum Gasteiger partial charge on any atom is -0.340 e. The first-order valence-electron chi connectivity index (χ1n) is 12.5. The molecular formula is C29H32ClFN6O. The lowest BCUT2D eigenvalue weighted by molar-refractivity contribution is -0.111. The van der Waals surface area contributed by atoms with E-state index in [0.717, 1.165) is 25.9 Å². The molecule has 3 aromatic rings. The van der Waals surface area contributed by atoms with Crippen LogP contribution in [-0.2, 0) is 4.79 Å². The van der Waals surface area contributed by atoms with Crippen molar-refractivity contribution in [2.75, 3.05) is 37.8 Å². The van der Waals surface area contributed by atoms with Crippen molar-refractivity contribution in [3.63, 3.8) is 0 Å². The van der Waals surface area contributed by atoms with Gasteiger partial charge in [0.25, 0.3) is 0 Å². The predicted molar refractivity (Wildman–Crippen MR) is 152 cm³/mol. The topological polar surface area (TPSA) is 73.4 Å². The summed E-state index contributed by atoms with van der Waals surface area (Å²) < 4.78 is 13.6. The molecule has 2 heterocycles. The molecule has 1 saturated heterocycles.